The van der Waals surface area contributed by atoms with Crippen molar-refractivity contribution < 1.29 is 9.53 Å². The fourth-order valence-corrected chi connectivity index (χ4v) is 3.15. The highest BCUT2D eigenvalue weighted by atomic mass is 79.9. The number of fused-ring (bicyclic) bond motifs is 1. The second kappa shape index (κ2) is 8.63. The summed E-state index contributed by atoms with van der Waals surface area (Å²) in [5.41, 5.74) is 3.47. The van der Waals surface area contributed by atoms with E-state index in [4.69, 9.17) is 4.74 Å². The Bertz CT molecular complexity index is 926. The summed E-state index contributed by atoms with van der Waals surface area (Å²) in [6, 6.07) is 21.4. The topological polar surface area (TPSA) is 50.7 Å². The number of ether oxygens (including phenoxy) is 1. The molecule has 1 N–H and O–H groups in total. The fraction of sp³-hybridized carbons (Fsp3) is 0.143. The smallest absolute Gasteiger partial charge is 0.281 e. The summed E-state index contributed by atoms with van der Waals surface area (Å²) in [5.74, 6) is 0.359. The van der Waals surface area contributed by atoms with Crippen molar-refractivity contribution in [1.82, 2.24) is 5.43 Å². The van der Waals surface area contributed by atoms with Crippen LogP contribution in [-0.4, -0.2) is 18.2 Å². The van der Waals surface area contributed by atoms with Crippen molar-refractivity contribution in [2.45, 2.75) is 19.4 Å². The number of hydrazone groups is 1. The lowest BCUT2D eigenvalue weighted by atomic mass is 10.1. The lowest BCUT2D eigenvalue weighted by Gasteiger charge is -2.17. The van der Waals surface area contributed by atoms with E-state index in [1.807, 2.05) is 73.7 Å². The van der Waals surface area contributed by atoms with Crippen molar-refractivity contribution in [3.8, 4) is 5.75 Å². The van der Waals surface area contributed by atoms with E-state index < -0.39 is 6.10 Å². The fourth-order valence-electron chi connectivity index (χ4n) is 2.56. The maximum absolute atomic E-state index is 12.4. The molecule has 0 aromatic heterocycles. The third-order valence-electron chi connectivity index (χ3n) is 3.95. The first-order valence-corrected chi connectivity index (χ1v) is 9.20. The maximum atomic E-state index is 12.4. The van der Waals surface area contributed by atoms with Gasteiger partial charge < -0.3 is 4.74 Å². The van der Waals surface area contributed by atoms with Gasteiger partial charge in [0.1, 0.15) is 5.75 Å². The average molecular weight is 411 g/mol. The van der Waals surface area contributed by atoms with Gasteiger partial charge in [0.2, 0.25) is 0 Å². The molecule has 0 spiro atoms. The lowest BCUT2D eigenvalue weighted by molar-refractivity contribution is -0.128. The normalized spacial score (nSPS) is 12.2. The SMILES string of the molecule is CC[C@H](Oc1ccc2ccccc2c1Br)C(=O)N/N=C\c1ccccc1. The molecule has 3 aromatic carbocycles. The van der Waals surface area contributed by atoms with E-state index in [9.17, 15) is 4.79 Å². The summed E-state index contributed by atoms with van der Waals surface area (Å²) < 4.78 is 6.78. The summed E-state index contributed by atoms with van der Waals surface area (Å²) in [5, 5.41) is 6.16. The van der Waals surface area contributed by atoms with Gasteiger partial charge in [-0.05, 0) is 44.8 Å². The molecular weight excluding hydrogens is 392 g/mol. The number of carbonyl (C=O) groups is 1. The van der Waals surface area contributed by atoms with Gasteiger partial charge in [0.05, 0.1) is 10.7 Å². The summed E-state index contributed by atoms with van der Waals surface area (Å²) >= 11 is 3.59. The van der Waals surface area contributed by atoms with Crippen LogP contribution in [0.2, 0.25) is 0 Å². The minimum atomic E-state index is -0.625. The van der Waals surface area contributed by atoms with Gasteiger partial charge in [0, 0.05) is 0 Å². The Labute approximate surface area is 161 Å². The van der Waals surface area contributed by atoms with Crippen LogP contribution in [0.3, 0.4) is 0 Å². The summed E-state index contributed by atoms with van der Waals surface area (Å²) in [7, 11) is 0. The van der Waals surface area contributed by atoms with Crippen LogP contribution in [0.1, 0.15) is 18.9 Å². The largest absolute Gasteiger partial charge is 0.479 e. The number of benzene rings is 3. The minimum Gasteiger partial charge on any atom is -0.479 e. The van der Waals surface area contributed by atoms with E-state index >= 15 is 0 Å². The number of amides is 1. The monoisotopic (exact) mass is 410 g/mol. The van der Waals surface area contributed by atoms with Crippen LogP contribution in [0.4, 0.5) is 0 Å². The number of hydrogen-bond acceptors (Lipinski definition) is 3. The van der Waals surface area contributed by atoms with Crippen molar-refractivity contribution in [3.63, 3.8) is 0 Å². The molecule has 0 aliphatic rings. The van der Waals surface area contributed by atoms with Gasteiger partial charge >= 0.3 is 0 Å². The molecule has 1 amide bonds. The standard InChI is InChI=1S/C21H19BrN2O2/c1-2-18(21(25)24-23-14-15-8-4-3-5-9-15)26-19-13-12-16-10-6-7-11-17(16)20(19)22/h3-14,18H,2H2,1H3,(H,24,25)/b23-14-/t18-/m0/s1. The predicted molar refractivity (Wildman–Crippen MR) is 109 cm³/mol. The van der Waals surface area contributed by atoms with Gasteiger partial charge in [-0.3, -0.25) is 4.79 Å². The lowest BCUT2D eigenvalue weighted by Crippen LogP contribution is -2.35. The Kier molecular flexibility index (Phi) is 6.02. The quantitative estimate of drug-likeness (QED) is 0.463. The van der Waals surface area contributed by atoms with Crippen molar-refractivity contribution in [1.29, 1.82) is 0 Å². The van der Waals surface area contributed by atoms with Crippen LogP contribution >= 0.6 is 15.9 Å². The molecule has 0 fully saturated rings. The average Bonchev–Trinajstić information content (AvgIpc) is 2.68. The Hall–Kier alpha value is -2.66. The molecule has 0 aliphatic heterocycles. The third-order valence-corrected chi connectivity index (χ3v) is 4.77. The van der Waals surface area contributed by atoms with Crippen molar-refractivity contribution in [2.24, 2.45) is 5.10 Å². The summed E-state index contributed by atoms with van der Waals surface area (Å²) in [4.78, 5) is 12.4. The van der Waals surface area contributed by atoms with Gasteiger partial charge in [-0.15, -0.1) is 0 Å². The first kappa shape index (κ1) is 18.1. The van der Waals surface area contributed by atoms with E-state index in [1.165, 1.54) is 0 Å². The summed E-state index contributed by atoms with van der Waals surface area (Å²) in [6.45, 7) is 1.90. The highest BCUT2D eigenvalue weighted by Gasteiger charge is 2.19. The number of carbonyl (C=O) groups excluding carboxylic acids is 1. The molecule has 0 radical (unpaired) electrons. The van der Waals surface area contributed by atoms with Gasteiger partial charge in [-0.2, -0.15) is 5.10 Å². The molecule has 0 saturated heterocycles. The molecule has 3 aromatic rings. The molecule has 0 aliphatic carbocycles. The second-order valence-electron chi connectivity index (χ2n) is 5.76. The van der Waals surface area contributed by atoms with Crippen LogP contribution in [-0.2, 0) is 4.79 Å². The molecule has 0 heterocycles. The van der Waals surface area contributed by atoms with Crippen LogP contribution in [0.25, 0.3) is 10.8 Å². The van der Waals surface area contributed by atoms with E-state index in [2.05, 4.69) is 26.5 Å². The van der Waals surface area contributed by atoms with Crippen molar-refractivity contribution in [2.75, 3.05) is 0 Å². The minimum absolute atomic E-state index is 0.278. The van der Waals surface area contributed by atoms with Crippen molar-refractivity contribution >= 4 is 38.8 Å². The molecule has 3 rings (SSSR count). The maximum Gasteiger partial charge on any atom is 0.281 e. The zero-order valence-corrected chi connectivity index (χ0v) is 15.9. The van der Waals surface area contributed by atoms with Crippen molar-refractivity contribution in [3.05, 3.63) is 76.8 Å². The molecule has 5 heteroatoms. The molecule has 132 valence electrons. The molecular formula is C21H19BrN2O2. The molecule has 0 saturated carbocycles. The molecule has 0 bridgehead atoms. The Morgan fingerprint density at radius 2 is 1.85 bits per heavy atom. The molecule has 0 unspecified atom stereocenters. The van der Waals surface area contributed by atoms with Gasteiger partial charge in [-0.25, -0.2) is 5.43 Å². The first-order chi connectivity index (χ1) is 12.7. The van der Waals surface area contributed by atoms with E-state index in [0.29, 0.717) is 12.2 Å². The Morgan fingerprint density at radius 1 is 1.12 bits per heavy atom. The first-order valence-electron chi connectivity index (χ1n) is 8.41. The van der Waals surface area contributed by atoms with Gasteiger partial charge in [-0.1, -0.05) is 67.6 Å². The second-order valence-corrected chi connectivity index (χ2v) is 6.55. The van der Waals surface area contributed by atoms with Gasteiger partial charge in [0.25, 0.3) is 5.91 Å². The van der Waals surface area contributed by atoms with E-state index in [1.54, 1.807) is 6.21 Å². The highest BCUT2D eigenvalue weighted by Crippen LogP contribution is 2.33. The van der Waals surface area contributed by atoms with E-state index in [0.717, 1.165) is 20.8 Å². The Morgan fingerprint density at radius 3 is 2.62 bits per heavy atom. The molecule has 1 atom stereocenters. The van der Waals surface area contributed by atoms with Gasteiger partial charge in [0.15, 0.2) is 6.10 Å². The number of rotatable bonds is 6. The number of nitrogens with one attached hydrogen (secondary N) is 1. The highest BCUT2D eigenvalue weighted by molar-refractivity contribution is 9.10. The van der Waals surface area contributed by atoms with E-state index in [-0.39, 0.29) is 5.91 Å². The molecule has 4 nitrogen and oxygen atoms in total. The van der Waals surface area contributed by atoms with Crippen LogP contribution in [0.15, 0.2) is 76.3 Å². The van der Waals surface area contributed by atoms with Crippen LogP contribution in [0.5, 0.6) is 5.75 Å². The molecule has 26 heavy (non-hydrogen) atoms. The van der Waals surface area contributed by atoms with Crippen LogP contribution in [0, 0.1) is 0 Å². The number of hydrogen-bond donors (Lipinski definition) is 1. The number of nitrogens with zero attached hydrogens (tertiary/aromatic N) is 1. The zero-order chi connectivity index (χ0) is 18.4. The third kappa shape index (κ3) is 4.29. The summed E-state index contributed by atoms with van der Waals surface area (Å²) in [6.07, 6.45) is 1.52. The van der Waals surface area contributed by atoms with Crippen LogP contribution < -0.4 is 10.2 Å². The zero-order valence-electron chi connectivity index (χ0n) is 14.4. The number of halogens is 1. The Balaban J connectivity index is 1.70. The predicted octanol–water partition coefficient (Wildman–Crippen LogP) is 4.91.